The molecule has 22 heavy (non-hydrogen) atoms. The van der Waals surface area contributed by atoms with Gasteiger partial charge in [-0.1, -0.05) is 0 Å². The fourth-order valence-electron chi connectivity index (χ4n) is 1.98. The van der Waals surface area contributed by atoms with Crippen molar-refractivity contribution in [2.45, 2.75) is 20.0 Å². The first-order valence-corrected chi connectivity index (χ1v) is 7.19. The third-order valence-corrected chi connectivity index (χ3v) is 3.59. The Labute approximate surface area is 133 Å². The standard InChI is InChI=1S/C14H17N5O2S/c1-3-18-13(8-9-15-18)10-17(2)14(22)16-11-4-6-12(7-5-11)19(20)21/h4-9H,3,10H2,1-2H3,(H,16,22). The van der Waals surface area contributed by atoms with Crippen LogP contribution in [0.5, 0.6) is 0 Å². The molecule has 0 aliphatic carbocycles. The van der Waals surface area contributed by atoms with Gasteiger partial charge in [0.15, 0.2) is 5.11 Å². The Kier molecular flexibility index (Phi) is 5.05. The van der Waals surface area contributed by atoms with Crippen LogP contribution < -0.4 is 5.32 Å². The molecule has 2 aromatic rings. The van der Waals surface area contributed by atoms with E-state index in [0.717, 1.165) is 12.2 Å². The van der Waals surface area contributed by atoms with E-state index in [-0.39, 0.29) is 5.69 Å². The minimum Gasteiger partial charge on any atom is -0.346 e. The van der Waals surface area contributed by atoms with E-state index in [2.05, 4.69) is 10.4 Å². The van der Waals surface area contributed by atoms with Gasteiger partial charge in [-0.2, -0.15) is 5.10 Å². The van der Waals surface area contributed by atoms with Crippen LogP contribution in [0, 0.1) is 10.1 Å². The molecule has 2 rings (SSSR count). The molecule has 0 spiro atoms. The van der Waals surface area contributed by atoms with Crippen LogP contribution in [0.3, 0.4) is 0 Å². The zero-order valence-corrected chi connectivity index (χ0v) is 13.2. The van der Waals surface area contributed by atoms with E-state index in [1.54, 1.807) is 18.3 Å². The van der Waals surface area contributed by atoms with Gasteiger partial charge in [-0.25, -0.2) is 0 Å². The molecule has 1 aromatic heterocycles. The SMILES string of the molecule is CCn1nccc1CN(C)C(=S)Nc1ccc([N+](=O)[O-])cc1. The van der Waals surface area contributed by atoms with E-state index in [1.165, 1.54) is 12.1 Å². The van der Waals surface area contributed by atoms with Crippen molar-refractivity contribution in [3.05, 3.63) is 52.3 Å². The molecule has 0 aliphatic rings. The minimum atomic E-state index is -0.430. The lowest BCUT2D eigenvalue weighted by Crippen LogP contribution is -2.31. The van der Waals surface area contributed by atoms with E-state index in [0.29, 0.717) is 17.3 Å². The number of non-ortho nitro benzene ring substituents is 1. The zero-order chi connectivity index (χ0) is 16.1. The molecule has 0 saturated heterocycles. The second-order valence-electron chi connectivity index (χ2n) is 4.73. The van der Waals surface area contributed by atoms with Crippen molar-refractivity contribution in [1.82, 2.24) is 14.7 Å². The number of nitro benzene ring substituents is 1. The van der Waals surface area contributed by atoms with E-state index in [1.807, 2.05) is 29.6 Å². The third kappa shape index (κ3) is 3.79. The Morgan fingerprint density at radius 2 is 2.09 bits per heavy atom. The fourth-order valence-corrected chi connectivity index (χ4v) is 2.16. The zero-order valence-electron chi connectivity index (χ0n) is 12.4. The normalized spacial score (nSPS) is 10.3. The van der Waals surface area contributed by atoms with Gasteiger partial charge in [-0.15, -0.1) is 0 Å². The molecule has 0 bridgehead atoms. The van der Waals surface area contributed by atoms with Gasteiger partial charge in [0.25, 0.3) is 5.69 Å². The van der Waals surface area contributed by atoms with Gasteiger partial charge in [-0.3, -0.25) is 14.8 Å². The number of hydrogen-bond acceptors (Lipinski definition) is 4. The smallest absolute Gasteiger partial charge is 0.269 e. The van der Waals surface area contributed by atoms with Gasteiger partial charge in [0.05, 0.1) is 17.2 Å². The van der Waals surface area contributed by atoms with Gasteiger partial charge in [-0.05, 0) is 37.3 Å². The summed E-state index contributed by atoms with van der Waals surface area (Å²) >= 11 is 5.35. The third-order valence-electron chi connectivity index (χ3n) is 3.18. The van der Waals surface area contributed by atoms with E-state index < -0.39 is 4.92 Å². The van der Waals surface area contributed by atoms with Gasteiger partial charge in [0, 0.05) is 37.6 Å². The lowest BCUT2D eigenvalue weighted by molar-refractivity contribution is -0.384. The summed E-state index contributed by atoms with van der Waals surface area (Å²) in [6.45, 7) is 3.47. The summed E-state index contributed by atoms with van der Waals surface area (Å²) in [7, 11) is 1.88. The van der Waals surface area contributed by atoms with Crippen molar-refractivity contribution >= 4 is 28.7 Å². The number of nitrogens with zero attached hydrogens (tertiary/aromatic N) is 4. The average Bonchev–Trinajstić information content (AvgIpc) is 2.94. The van der Waals surface area contributed by atoms with Crippen LogP contribution in [-0.2, 0) is 13.1 Å². The molecular weight excluding hydrogens is 302 g/mol. The summed E-state index contributed by atoms with van der Waals surface area (Å²) in [4.78, 5) is 12.1. The highest BCUT2D eigenvalue weighted by atomic mass is 32.1. The molecule has 0 fully saturated rings. The van der Waals surface area contributed by atoms with Crippen molar-refractivity contribution in [2.75, 3.05) is 12.4 Å². The predicted molar refractivity (Wildman–Crippen MR) is 88.7 cm³/mol. The Morgan fingerprint density at radius 1 is 1.41 bits per heavy atom. The summed E-state index contributed by atoms with van der Waals surface area (Å²) in [5, 5.41) is 18.4. The predicted octanol–water partition coefficient (Wildman–Crippen LogP) is 2.64. The molecule has 1 aromatic carbocycles. The minimum absolute atomic E-state index is 0.0525. The quantitative estimate of drug-likeness (QED) is 0.519. The highest BCUT2D eigenvalue weighted by Gasteiger charge is 2.10. The number of anilines is 1. The van der Waals surface area contributed by atoms with Crippen molar-refractivity contribution in [3.8, 4) is 0 Å². The van der Waals surface area contributed by atoms with Crippen LogP contribution in [0.2, 0.25) is 0 Å². The molecular formula is C14H17N5O2S. The van der Waals surface area contributed by atoms with Crippen LogP contribution in [0.1, 0.15) is 12.6 Å². The molecule has 0 unspecified atom stereocenters. The van der Waals surface area contributed by atoms with Gasteiger partial charge >= 0.3 is 0 Å². The second kappa shape index (κ2) is 6.99. The number of nitrogens with one attached hydrogen (secondary N) is 1. The first-order chi connectivity index (χ1) is 10.5. The van der Waals surface area contributed by atoms with E-state index >= 15 is 0 Å². The van der Waals surface area contributed by atoms with Crippen LogP contribution in [-0.4, -0.2) is 31.8 Å². The topological polar surface area (TPSA) is 76.2 Å². The molecule has 8 heteroatoms. The van der Waals surface area contributed by atoms with Crippen molar-refractivity contribution in [1.29, 1.82) is 0 Å². The van der Waals surface area contributed by atoms with Crippen LogP contribution in [0.25, 0.3) is 0 Å². The molecule has 1 N–H and O–H groups in total. The molecule has 0 atom stereocenters. The largest absolute Gasteiger partial charge is 0.346 e. The maximum Gasteiger partial charge on any atom is 0.269 e. The molecule has 1 heterocycles. The Bertz CT molecular complexity index is 668. The van der Waals surface area contributed by atoms with Gasteiger partial charge < -0.3 is 10.2 Å². The van der Waals surface area contributed by atoms with E-state index in [4.69, 9.17) is 12.2 Å². The highest BCUT2D eigenvalue weighted by Crippen LogP contribution is 2.16. The molecule has 0 radical (unpaired) electrons. The summed E-state index contributed by atoms with van der Waals surface area (Å²) in [5.74, 6) is 0. The number of thiocarbonyl (C=S) groups is 1. The van der Waals surface area contributed by atoms with Crippen LogP contribution in [0.15, 0.2) is 36.5 Å². The van der Waals surface area contributed by atoms with Crippen LogP contribution >= 0.6 is 12.2 Å². The Morgan fingerprint density at radius 3 is 2.68 bits per heavy atom. The van der Waals surface area contributed by atoms with Crippen LogP contribution in [0.4, 0.5) is 11.4 Å². The number of nitro groups is 1. The Hall–Kier alpha value is -2.48. The van der Waals surface area contributed by atoms with Gasteiger partial charge in [0.1, 0.15) is 0 Å². The summed E-state index contributed by atoms with van der Waals surface area (Å²) in [6.07, 6.45) is 1.76. The summed E-state index contributed by atoms with van der Waals surface area (Å²) in [5.41, 5.74) is 1.83. The first kappa shape index (κ1) is 15.9. The summed E-state index contributed by atoms with van der Waals surface area (Å²) in [6, 6.07) is 8.10. The monoisotopic (exact) mass is 319 g/mol. The summed E-state index contributed by atoms with van der Waals surface area (Å²) < 4.78 is 1.91. The number of aryl methyl sites for hydroxylation is 1. The molecule has 7 nitrogen and oxygen atoms in total. The second-order valence-corrected chi connectivity index (χ2v) is 5.12. The highest BCUT2D eigenvalue weighted by molar-refractivity contribution is 7.80. The van der Waals surface area contributed by atoms with Crippen molar-refractivity contribution < 1.29 is 4.92 Å². The van der Waals surface area contributed by atoms with Crippen molar-refractivity contribution in [3.63, 3.8) is 0 Å². The number of aromatic nitrogens is 2. The molecule has 0 saturated carbocycles. The number of rotatable bonds is 5. The molecule has 0 aliphatic heterocycles. The molecule has 116 valence electrons. The Balaban J connectivity index is 1.97. The molecule has 0 amide bonds. The number of hydrogen-bond donors (Lipinski definition) is 1. The lowest BCUT2D eigenvalue weighted by Gasteiger charge is -2.21. The fraction of sp³-hybridized carbons (Fsp3) is 0.286. The average molecular weight is 319 g/mol. The number of benzene rings is 1. The van der Waals surface area contributed by atoms with Crippen molar-refractivity contribution in [2.24, 2.45) is 0 Å². The van der Waals surface area contributed by atoms with Gasteiger partial charge in [0.2, 0.25) is 0 Å². The maximum atomic E-state index is 10.6. The lowest BCUT2D eigenvalue weighted by atomic mass is 10.3. The first-order valence-electron chi connectivity index (χ1n) is 6.78. The maximum absolute atomic E-state index is 10.6. The van der Waals surface area contributed by atoms with E-state index in [9.17, 15) is 10.1 Å².